The van der Waals surface area contributed by atoms with Gasteiger partial charge in [-0.05, 0) is 33.1 Å². The van der Waals surface area contributed by atoms with E-state index < -0.39 is 0 Å². The fourth-order valence-electron chi connectivity index (χ4n) is 1.81. The summed E-state index contributed by atoms with van der Waals surface area (Å²) in [4.78, 5) is 4.42. The molecule has 1 heterocycles. The Hall–Kier alpha value is -0.450. The zero-order valence-corrected chi connectivity index (χ0v) is 11.4. The summed E-state index contributed by atoms with van der Waals surface area (Å²) in [5.74, 6) is 0.334. The lowest BCUT2D eigenvalue weighted by atomic mass is 9.92. The Bertz CT molecular complexity index is 323. The van der Waals surface area contributed by atoms with Crippen LogP contribution in [0.25, 0.3) is 0 Å². The first kappa shape index (κ1) is 13.6. The van der Waals surface area contributed by atoms with Crippen molar-refractivity contribution in [1.29, 1.82) is 0 Å². The van der Waals surface area contributed by atoms with Crippen molar-refractivity contribution in [1.82, 2.24) is 10.3 Å². The summed E-state index contributed by atoms with van der Waals surface area (Å²) in [6.45, 7) is 9.47. The minimum absolute atomic E-state index is 0.0434. The van der Waals surface area contributed by atoms with Crippen LogP contribution in [0.2, 0.25) is 0 Å². The number of nitrogens with one attached hydrogen (secondary N) is 1. The molecule has 92 valence electrons. The predicted octanol–water partition coefficient (Wildman–Crippen LogP) is 2.34. The lowest BCUT2D eigenvalue weighted by Gasteiger charge is -2.28. The van der Waals surface area contributed by atoms with Crippen molar-refractivity contribution < 1.29 is 5.11 Å². The van der Waals surface area contributed by atoms with Crippen LogP contribution >= 0.6 is 11.3 Å². The molecule has 0 amide bonds. The molecule has 0 saturated carbocycles. The number of aliphatic hydroxyl groups is 1. The quantitative estimate of drug-likeness (QED) is 0.805. The molecule has 0 bridgehead atoms. The van der Waals surface area contributed by atoms with Crippen LogP contribution in [0.15, 0.2) is 5.38 Å². The summed E-state index contributed by atoms with van der Waals surface area (Å²) in [5.41, 5.74) is 1.13. The predicted molar refractivity (Wildman–Crippen MR) is 68.6 cm³/mol. The van der Waals surface area contributed by atoms with E-state index in [-0.39, 0.29) is 12.1 Å². The van der Waals surface area contributed by atoms with E-state index in [2.05, 4.69) is 36.5 Å². The largest absolute Gasteiger partial charge is 0.396 e. The summed E-state index contributed by atoms with van der Waals surface area (Å²) < 4.78 is 0. The highest BCUT2D eigenvalue weighted by molar-refractivity contribution is 7.09. The number of hydrogen-bond acceptors (Lipinski definition) is 4. The first-order chi connectivity index (χ1) is 7.43. The van der Waals surface area contributed by atoms with Gasteiger partial charge in [0.05, 0.1) is 0 Å². The lowest BCUT2D eigenvalue weighted by Crippen LogP contribution is -2.40. The molecular weight excluding hydrogens is 220 g/mol. The van der Waals surface area contributed by atoms with Gasteiger partial charge in [-0.3, -0.25) is 0 Å². The number of hydrogen-bond donors (Lipinski definition) is 2. The summed E-state index contributed by atoms with van der Waals surface area (Å²) in [6.07, 6.45) is 0.966. The number of aliphatic hydroxyl groups excluding tert-OH is 1. The van der Waals surface area contributed by atoms with Crippen molar-refractivity contribution in [2.45, 2.75) is 46.2 Å². The second-order valence-corrected chi connectivity index (χ2v) is 6.05. The third-order valence-corrected chi connectivity index (χ3v) is 3.52. The van der Waals surface area contributed by atoms with Gasteiger partial charge in [-0.1, -0.05) is 6.92 Å². The van der Waals surface area contributed by atoms with Crippen molar-refractivity contribution >= 4 is 11.3 Å². The second-order valence-electron chi connectivity index (χ2n) is 5.11. The molecule has 0 aliphatic rings. The van der Waals surface area contributed by atoms with E-state index in [4.69, 9.17) is 5.11 Å². The minimum Gasteiger partial charge on any atom is -0.396 e. The molecule has 1 rings (SSSR count). The standard InChI is InChI=1S/C12H22N2OS/c1-9(7-15)5-12(3,4)13-6-11-14-10(2)8-16-11/h8-9,13,15H,5-7H2,1-4H3. The summed E-state index contributed by atoms with van der Waals surface area (Å²) in [6, 6.07) is 0. The summed E-state index contributed by atoms with van der Waals surface area (Å²) in [5, 5.41) is 15.7. The van der Waals surface area contributed by atoms with Crippen LogP contribution < -0.4 is 5.32 Å². The first-order valence-corrected chi connectivity index (χ1v) is 6.58. The molecule has 0 aliphatic carbocycles. The van der Waals surface area contributed by atoms with Crippen LogP contribution in [-0.2, 0) is 6.54 Å². The van der Waals surface area contributed by atoms with Crippen LogP contribution in [0.4, 0.5) is 0 Å². The van der Waals surface area contributed by atoms with Gasteiger partial charge in [0.25, 0.3) is 0 Å². The van der Waals surface area contributed by atoms with Gasteiger partial charge >= 0.3 is 0 Å². The summed E-state index contributed by atoms with van der Waals surface area (Å²) >= 11 is 1.69. The molecular formula is C12H22N2OS. The molecule has 0 saturated heterocycles. The minimum atomic E-state index is 0.0434. The Morgan fingerprint density at radius 2 is 2.25 bits per heavy atom. The van der Waals surface area contributed by atoms with E-state index in [0.29, 0.717) is 5.92 Å². The third kappa shape index (κ3) is 4.60. The van der Waals surface area contributed by atoms with Crippen molar-refractivity contribution in [3.05, 3.63) is 16.1 Å². The van der Waals surface area contributed by atoms with E-state index in [1.54, 1.807) is 11.3 Å². The topological polar surface area (TPSA) is 45.1 Å². The van der Waals surface area contributed by atoms with E-state index in [1.165, 1.54) is 0 Å². The molecule has 0 spiro atoms. The van der Waals surface area contributed by atoms with E-state index in [0.717, 1.165) is 23.7 Å². The number of nitrogens with zero attached hydrogens (tertiary/aromatic N) is 1. The van der Waals surface area contributed by atoms with Crippen LogP contribution in [-0.4, -0.2) is 22.2 Å². The highest BCUT2D eigenvalue weighted by Gasteiger charge is 2.20. The molecule has 4 heteroatoms. The fraction of sp³-hybridized carbons (Fsp3) is 0.750. The maximum Gasteiger partial charge on any atom is 0.107 e. The van der Waals surface area contributed by atoms with Crippen LogP contribution in [0.5, 0.6) is 0 Å². The van der Waals surface area contributed by atoms with E-state index in [9.17, 15) is 0 Å². The van der Waals surface area contributed by atoms with Crippen LogP contribution in [0, 0.1) is 12.8 Å². The van der Waals surface area contributed by atoms with E-state index >= 15 is 0 Å². The third-order valence-electron chi connectivity index (χ3n) is 2.56. The maximum atomic E-state index is 9.05. The molecule has 2 N–H and O–H groups in total. The number of aromatic nitrogens is 1. The molecule has 0 fully saturated rings. The molecule has 1 aromatic heterocycles. The Morgan fingerprint density at radius 1 is 1.56 bits per heavy atom. The molecule has 0 aliphatic heterocycles. The van der Waals surface area contributed by atoms with Crippen molar-refractivity contribution in [3.63, 3.8) is 0 Å². The molecule has 0 radical (unpaired) electrons. The number of thiazole rings is 1. The Labute approximate surface area is 102 Å². The zero-order valence-electron chi connectivity index (χ0n) is 10.6. The van der Waals surface area contributed by atoms with Gasteiger partial charge in [-0.15, -0.1) is 11.3 Å². The van der Waals surface area contributed by atoms with Crippen molar-refractivity contribution in [2.24, 2.45) is 5.92 Å². The van der Waals surface area contributed by atoms with Gasteiger partial charge in [-0.25, -0.2) is 4.98 Å². The first-order valence-electron chi connectivity index (χ1n) is 5.70. The Kier molecular flexibility index (Phi) is 4.89. The second kappa shape index (κ2) is 5.75. The van der Waals surface area contributed by atoms with Gasteiger partial charge in [0.15, 0.2) is 0 Å². The van der Waals surface area contributed by atoms with Gasteiger partial charge in [0, 0.05) is 29.8 Å². The Morgan fingerprint density at radius 3 is 2.75 bits per heavy atom. The maximum absolute atomic E-state index is 9.05. The lowest BCUT2D eigenvalue weighted by molar-refractivity contribution is 0.195. The average Bonchev–Trinajstić information content (AvgIpc) is 2.61. The van der Waals surface area contributed by atoms with Crippen molar-refractivity contribution in [2.75, 3.05) is 6.61 Å². The van der Waals surface area contributed by atoms with Gasteiger partial charge in [0.2, 0.25) is 0 Å². The van der Waals surface area contributed by atoms with Gasteiger partial charge < -0.3 is 10.4 Å². The highest BCUT2D eigenvalue weighted by Crippen LogP contribution is 2.17. The average molecular weight is 242 g/mol. The molecule has 1 atom stereocenters. The van der Waals surface area contributed by atoms with Crippen LogP contribution in [0.1, 0.15) is 37.9 Å². The summed E-state index contributed by atoms with van der Waals surface area (Å²) in [7, 11) is 0. The Balaban J connectivity index is 2.41. The molecule has 1 unspecified atom stereocenters. The normalized spacial score (nSPS) is 14.1. The molecule has 3 nitrogen and oxygen atoms in total. The number of aryl methyl sites for hydroxylation is 1. The SMILES string of the molecule is Cc1csc(CNC(C)(C)CC(C)CO)n1. The zero-order chi connectivity index (χ0) is 12.2. The monoisotopic (exact) mass is 242 g/mol. The van der Waals surface area contributed by atoms with Gasteiger partial charge in [-0.2, -0.15) is 0 Å². The van der Waals surface area contributed by atoms with Crippen molar-refractivity contribution in [3.8, 4) is 0 Å². The van der Waals surface area contributed by atoms with E-state index in [1.807, 2.05) is 6.92 Å². The molecule has 0 aromatic carbocycles. The molecule has 1 aromatic rings. The van der Waals surface area contributed by atoms with Crippen LogP contribution in [0.3, 0.4) is 0 Å². The van der Waals surface area contributed by atoms with Gasteiger partial charge in [0.1, 0.15) is 5.01 Å². The smallest absolute Gasteiger partial charge is 0.107 e. The molecule has 16 heavy (non-hydrogen) atoms. The fourth-order valence-corrected chi connectivity index (χ4v) is 2.52. The highest BCUT2D eigenvalue weighted by atomic mass is 32.1. The number of rotatable bonds is 6.